The Bertz CT molecular complexity index is 376. The first kappa shape index (κ1) is 16.3. The van der Waals surface area contributed by atoms with Crippen LogP contribution in [-0.4, -0.2) is 47.2 Å². The normalized spacial score (nSPS) is 29.1. The van der Waals surface area contributed by atoms with Crippen molar-refractivity contribution >= 4 is 11.9 Å². The van der Waals surface area contributed by atoms with E-state index in [1.54, 1.807) is 11.8 Å². The third-order valence-electron chi connectivity index (χ3n) is 4.79. The first-order chi connectivity index (χ1) is 9.99. The van der Waals surface area contributed by atoms with Gasteiger partial charge in [-0.25, -0.2) is 0 Å². The number of rotatable bonds is 4. The molecule has 1 unspecified atom stereocenters. The van der Waals surface area contributed by atoms with Crippen molar-refractivity contribution in [2.75, 3.05) is 13.1 Å². The minimum Gasteiger partial charge on any atom is -0.481 e. The van der Waals surface area contributed by atoms with Crippen LogP contribution in [0.25, 0.3) is 0 Å². The van der Waals surface area contributed by atoms with Gasteiger partial charge in [-0.15, -0.1) is 0 Å². The largest absolute Gasteiger partial charge is 0.481 e. The number of aliphatic carboxylic acids is 1. The van der Waals surface area contributed by atoms with Crippen LogP contribution in [0, 0.1) is 11.8 Å². The molecule has 0 aromatic rings. The standard InChI is InChI=1S/C16H27NO4/c1-11-9-17(10-14(11)16(19)20)15(18)12(2)21-13-7-5-3-4-6-8-13/h11-14H,3-10H2,1-2H3,(H,19,20)/t11-,12?,14-/m1/s1. The van der Waals surface area contributed by atoms with Crippen molar-refractivity contribution in [2.45, 2.75) is 64.6 Å². The highest BCUT2D eigenvalue weighted by Crippen LogP contribution is 2.25. The monoisotopic (exact) mass is 297 g/mol. The molecule has 2 aliphatic rings. The number of hydrogen-bond donors (Lipinski definition) is 1. The van der Waals surface area contributed by atoms with Gasteiger partial charge in [0.15, 0.2) is 0 Å². The minimum absolute atomic E-state index is 0.0107. The second-order valence-corrected chi connectivity index (χ2v) is 6.56. The summed E-state index contributed by atoms with van der Waals surface area (Å²) < 4.78 is 5.94. The van der Waals surface area contributed by atoms with Gasteiger partial charge >= 0.3 is 5.97 Å². The molecule has 0 aromatic heterocycles. The maximum absolute atomic E-state index is 12.4. The van der Waals surface area contributed by atoms with Crippen molar-refractivity contribution in [1.29, 1.82) is 0 Å². The Hall–Kier alpha value is -1.10. The zero-order chi connectivity index (χ0) is 15.4. The van der Waals surface area contributed by atoms with E-state index in [0.717, 1.165) is 12.8 Å². The van der Waals surface area contributed by atoms with Crippen LogP contribution < -0.4 is 0 Å². The van der Waals surface area contributed by atoms with Crippen molar-refractivity contribution in [3.63, 3.8) is 0 Å². The summed E-state index contributed by atoms with van der Waals surface area (Å²) in [5.41, 5.74) is 0. The molecule has 2 rings (SSSR count). The number of nitrogens with zero attached hydrogens (tertiary/aromatic N) is 1. The van der Waals surface area contributed by atoms with E-state index in [-0.39, 0.29) is 17.9 Å². The summed E-state index contributed by atoms with van der Waals surface area (Å²) in [6.45, 7) is 4.52. The lowest BCUT2D eigenvalue weighted by Gasteiger charge is -2.25. The van der Waals surface area contributed by atoms with E-state index < -0.39 is 18.0 Å². The molecular weight excluding hydrogens is 270 g/mol. The van der Waals surface area contributed by atoms with Crippen molar-refractivity contribution in [3.8, 4) is 0 Å². The van der Waals surface area contributed by atoms with Crippen LogP contribution >= 0.6 is 0 Å². The molecule has 1 aliphatic carbocycles. The van der Waals surface area contributed by atoms with E-state index in [4.69, 9.17) is 9.84 Å². The van der Waals surface area contributed by atoms with Crippen LogP contribution in [0.1, 0.15) is 52.4 Å². The highest BCUT2D eigenvalue weighted by molar-refractivity contribution is 5.82. The topological polar surface area (TPSA) is 66.8 Å². The number of carboxylic acids is 1. The molecule has 1 amide bonds. The zero-order valence-corrected chi connectivity index (χ0v) is 13.1. The van der Waals surface area contributed by atoms with Gasteiger partial charge in [-0.2, -0.15) is 0 Å². The summed E-state index contributed by atoms with van der Waals surface area (Å²) in [5.74, 6) is -1.31. The molecular formula is C16H27NO4. The Morgan fingerprint density at radius 3 is 2.29 bits per heavy atom. The lowest BCUT2D eigenvalue weighted by Crippen LogP contribution is -2.39. The number of ether oxygens (including phenoxy) is 1. The van der Waals surface area contributed by atoms with Gasteiger partial charge in [0.25, 0.3) is 5.91 Å². The van der Waals surface area contributed by atoms with Crippen LogP contribution in [0.3, 0.4) is 0 Å². The van der Waals surface area contributed by atoms with E-state index in [1.807, 2.05) is 6.92 Å². The third-order valence-corrected chi connectivity index (χ3v) is 4.79. The van der Waals surface area contributed by atoms with E-state index >= 15 is 0 Å². The van der Waals surface area contributed by atoms with E-state index in [1.165, 1.54) is 25.7 Å². The fourth-order valence-electron chi connectivity index (χ4n) is 3.45. The maximum Gasteiger partial charge on any atom is 0.308 e. The smallest absolute Gasteiger partial charge is 0.308 e. The predicted molar refractivity (Wildman–Crippen MR) is 78.9 cm³/mol. The predicted octanol–water partition coefficient (Wildman–Crippen LogP) is 2.29. The molecule has 120 valence electrons. The number of carboxylic acid groups (broad SMARTS) is 1. The average molecular weight is 297 g/mol. The van der Waals surface area contributed by atoms with Crippen LogP contribution in [0.4, 0.5) is 0 Å². The van der Waals surface area contributed by atoms with Gasteiger partial charge in [-0.05, 0) is 25.7 Å². The van der Waals surface area contributed by atoms with E-state index in [2.05, 4.69) is 0 Å². The van der Waals surface area contributed by atoms with Gasteiger partial charge in [-0.1, -0.05) is 32.6 Å². The fraction of sp³-hybridized carbons (Fsp3) is 0.875. The molecule has 0 bridgehead atoms. The molecule has 1 aliphatic heterocycles. The number of amides is 1. The Kier molecular flexibility index (Phi) is 5.62. The molecule has 5 nitrogen and oxygen atoms in total. The maximum atomic E-state index is 12.4. The highest BCUT2D eigenvalue weighted by Gasteiger charge is 2.38. The van der Waals surface area contributed by atoms with Gasteiger partial charge in [0.1, 0.15) is 6.10 Å². The third kappa shape index (κ3) is 4.19. The van der Waals surface area contributed by atoms with Crippen molar-refractivity contribution in [2.24, 2.45) is 11.8 Å². The van der Waals surface area contributed by atoms with Gasteiger partial charge < -0.3 is 14.7 Å². The average Bonchev–Trinajstić information content (AvgIpc) is 2.66. The molecule has 1 saturated carbocycles. The molecule has 3 atom stereocenters. The second kappa shape index (κ2) is 7.25. The van der Waals surface area contributed by atoms with Crippen molar-refractivity contribution in [1.82, 2.24) is 4.90 Å². The number of carbonyl (C=O) groups is 2. The van der Waals surface area contributed by atoms with Crippen LogP contribution in [0.2, 0.25) is 0 Å². The van der Waals surface area contributed by atoms with Gasteiger partial charge in [0, 0.05) is 13.1 Å². The molecule has 0 spiro atoms. The van der Waals surface area contributed by atoms with Crippen molar-refractivity contribution in [3.05, 3.63) is 0 Å². The molecule has 2 fully saturated rings. The molecule has 0 aromatic carbocycles. The van der Waals surface area contributed by atoms with E-state index in [0.29, 0.717) is 13.1 Å². The van der Waals surface area contributed by atoms with Crippen molar-refractivity contribution < 1.29 is 19.4 Å². The quantitative estimate of drug-likeness (QED) is 0.809. The van der Waals surface area contributed by atoms with Gasteiger partial charge in [0.05, 0.1) is 12.0 Å². The minimum atomic E-state index is -0.810. The number of hydrogen-bond acceptors (Lipinski definition) is 3. The molecule has 1 N–H and O–H groups in total. The fourth-order valence-corrected chi connectivity index (χ4v) is 3.45. The van der Waals surface area contributed by atoms with E-state index in [9.17, 15) is 9.59 Å². The molecule has 21 heavy (non-hydrogen) atoms. The summed E-state index contributed by atoms with van der Waals surface area (Å²) >= 11 is 0. The van der Waals surface area contributed by atoms with Gasteiger partial charge in [-0.3, -0.25) is 9.59 Å². The summed E-state index contributed by atoms with van der Waals surface area (Å²) in [7, 11) is 0. The first-order valence-corrected chi connectivity index (χ1v) is 8.16. The summed E-state index contributed by atoms with van der Waals surface area (Å²) in [4.78, 5) is 25.2. The van der Waals surface area contributed by atoms with Crippen LogP contribution in [0.5, 0.6) is 0 Å². The molecule has 0 radical (unpaired) electrons. The Morgan fingerprint density at radius 1 is 1.14 bits per heavy atom. The molecule has 1 heterocycles. The summed E-state index contributed by atoms with van der Waals surface area (Å²) in [5, 5.41) is 9.14. The summed E-state index contributed by atoms with van der Waals surface area (Å²) in [6.07, 6.45) is 6.64. The van der Waals surface area contributed by atoms with Crippen LogP contribution in [-0.2, 0) is 14.3 Å². The second-order valence-electron chi connectivity index (χ2n) is 6.56. The first-order valence-electron chi connectivity index (χ1n) is 8.16. The Morgan fingerprint density at radius 2 is 1.76 bits per heavy atom. The lowest BCUT2D eigenvalue weighted by molar-refractivity contribution is -0.146. The number of likely N-dealkylation sites (tertiary alicyclic amines) is 1. The van der Waals surface area contributed by atoms with Crippen LogP contribution in [0.15, 0.2) is 0 Å². The zero-order valence-electron chi connectivity index (χ0n) is 13.1. The Labute approximate surface area is 126 Å². The summed E-state index contributed by atoms with van der Waals surface area (Å²) in [6, 6.07) is 0. The highest BCUT2D eigenvalue weighted by atomic mass is 16.5. The number of carbonyl (C=O) groups excluding carboxylic acids is 1. The lowest BCUT2D eigenvalue weighted by atomic mass is 9.99. The molecule has 1 saturated heterocycles. The SMILES string of the molecule is CC(OC1CCCCCC1)C(=O)N1C[C@@H](C)[C@H](C(=O)O)C1. The molecule has 5 heteroatoms. The van der Waals surface area contributed by atoms with Gasteiger partial charge in [0.2, 0.25) is 0 Å². The Balaban J connectivity index is 1.86.